The van der Waals surface area contributed by atoms with Crippen LogP contribution in [0.5, 0.6) is 0 Å². The molecule has 2 amide bonds. The second kappa shape index (κ2) is 13.5. The number of rotatable bonds is 13. The Morgan fingerprint density at radius 3 is 1.05 bits per heavy atom. The van der Waals surface area contributed by atoms with E-state index in [2.05, 4.69) is 0 Å². The first kappa shape index (κ1) is 20.9. The van der Waals surface area contributed by atoms with Gasteiger partial charge >= 0.3 is 0 Å². The summed E-state index contributed by atoms with van der Waals surface area (Å²) in [5, 5.41) is 19.9. The van der Waals surface area contributed by atoms with E-state index < -0.39 is 0 Å². The third-order valence-electron chi connectivity index (χ3n) is 3.72. The minimum absolute atomic E-state index is 0.298. The maximum Gasteiger partial charge on any atom is 0.242 e. The highest BCUT2D eigenvalue weighted by Crippen LogP contribution is 2.11. The van der Waals surface area contributed by atoms with Gasteiger partial charge in [-0.3, -0.25) is 20.0 Å². The largest absolute Gasteiger partial charge is 0.286 e. The van der Waals surface area contributed by atoms with E-state index in [1.165, 1.54) is 39.5 Å². The Labute approximate surface area is 134 Å². The van der Waals surface area contributed by atoms with Gasteiger partial charge in [0, 0.05) is 26.9 Å². The summed E-state index contributed by atoms with van der Waals surface area (Å²) in [5.74, 6) is -0.597. The van der Waals surface area contributed by atoms with Crippen molar-refractivity contribution in [3.63, 3.8) is 0 Å². The summed E-state index contributed by atoms with van der Waals surface area (Å²) < 4.78 is 0. The molecule has 0 aromatic rings. The molecule has 22 heavy (non-hydrogen) atoms. The Balaban J connectivity index is 3.18. The molecule has 0 aromatic carbocycles. The highest BCUT2D eigenvalue weighted by Gasteiger charge is 2.03. The van der Waals surface area contributed by atoms with Gasteiger partial charge < -0.3 is 0 Å². The topological polar surface area (TPSA) is 81.1 Å². The van der Waals surface area contributed by atoms with Crippen LogP contribution in [0, 0.1) is 0 Å². The Kier molecular flexibility index (Phi) is 12.8. The van der Waals surface area contributed by atoms with Crippen LogP contribution in [-0.2, 0) is 9.59 Å². The van der Waals surface area contributed by atoms with Crippen molar-refractivity contribution in [3.8, 4) is 0 Å². The predicted molar refractivity (Wildman–Crippen MR) is 84.5 cm³/mol. The predicted octanol–water partition coefficient (Wildman–Crippen LogP) is 3.36. The van der Waals surface area contributed by atoms with Gasteiger partial charge in [-0.15, -0.1) is 0 Å². The highest BCUT2D eigenvalue weighted by atomic mass is 16.5. The van der Waals surface area contributed by atoms with Gasteiger partial charge in [0.2, 0.25) is 11.8 Å². The molecular formula is C16H32N2O4. The molecule has 6 nitrogen and oxygen atoms in total. The average Bonchev–Trinajstić information content (AvgIpc) is 2.47. The Bertz CT molecular complexity index is 281. The van der Waals surface area contributed by atoms with Gasteiger partial charge in [-0.05, 0) is 12.8 Å². The Morgan fingerprint density at radius 2 is 0.818 bits per heavy atom. The van der Waals surface area contributed by atoms with Crippen LogP contribution in [0.3, 0.4) is 0 Å². The quantitative estimate of drug-likeness (QED) is 0.310. The van der Waals surface area contributed by atoms with E-state index in [1.807, 2.05) is 0 Å². The molecule has 2 N–H and O–H groups in total. The van der Waals surface area contributed by atoms with Crippen LogP contribution in [0.2, 0.25) is 0 Å². The number of unbranched alkanes of at least 4 members (excludes halogenated alkanes) is 9. The summed E-state index contributed by atoms with van der Waals surface area (Å²) in [6.45, 7) is 3.57. The molecular weight excluding hydrogens is 284 g/mol. The number of nitrogens with zero attached hydrogens (tertiary/aromatic N) is 2. The first-order valence-electron chi connectivity index (χ1n) is 8.39. The van der Waals surface area contributed by atoms with Crippen molar-refractivity contribution in [2.24, 2.45) is 0 Å². The van der Waals surface area contributed by atoms with Crippen molar-refractivity contribution in [2.45, 2.75) is 78.1 Å². The molecule has 0 aliphatic rings. The van der Waals surface area contributed by atoms with Crippen LogP contribution < -0.4 is 0 Å². The zero-order chi connectivity index (χ0) is 16.8. The first-order chi connectivity index (χ1) is 10.4. The summed E-state index contributed by atoms with van der Waals surface area (Å²) >= 11 is 0. The molecule has 0 saturated carbocycles. The van der Waals surface area contributed by atoms with Gasteiger partial charge in [-0.1, -0.05) is 51.4 Å². The van der Waals surface area contributed by atoms with E-state index in [9.17, 15) is 20.0 Å². The van der Waals surface area contributed by atoms with Crippen LogP contribution in [0.4, 0.5) is 0 Å². The fourth-order valence-corrected chi connectivity index (χ4v) is 2.25. The van der Waals surface area contributed by atoms with E-state index >= 15 is 0 Å². The molecule has 0 saturated heterocycles. The van der Waals surface area contributed by atoms with E-state index in [0.717, 1.165) is 48.7 Å². The number of amides is 2. The van der Waals surface area contributed by atoms with Crippen LogP contribution in [0.15, 0.2) is 0 Å². The number of hydrogen-bond acceptors (Lipinski definition) is 4. The highest BCUT2D eigenvalue weighted by molar-refractivity contribution is 5.71. The monoisotopic (exact) mass is 316 g/mol. The number of carbonyl (C=O) groups is 2. The summed E-state index contributed by atoms with van der Waals surface area (Å²) in [4.78, 5) is 21.5. The standard InChI is InChI=1S/C16H32N2O4/c1-15(19)17(21)13-11-9-7-5-3-4-6-8-10-12-14-18(22)16(2)20/h21-22H,3-14H2,1-2H3. The molecule has 0 aromatic heterocycles. The lowest BCUT2D eigenvalue weighted by molar-refractivity contribution is -0.163. The van der Waals surface area contributed by atoms with Crippen molar-refractivity contribution < 1.29 is 20.0 Å². The molecule has 0 bridgehead atoms. The molecule has 0 radical (unpaired) electrons. The lowest BCUT2D eigenvalue weighted by Gasteiger charge is -2.12. The summed E-state index contributed by atoms with van der Waals surface area (Å²) in [7, 11) is 0. The van der Waals surface area contributed by atoms with E-state index in [0.29, 0.717) is 13.1 Å². The minimum atomic E-state index is -0.298. The molecule has 130 valence electrons. The normalized spacial score (nSPS) is 10.5. The lowest BCUT2D eigenvalue weighted by Crippen LogP contribution is -2.25. The first-order valence-corrected chi connectivity index (χ1v) is 8.39. The van der Waals surface area contributed by atoms with Crippen molar-refractivity contribution in [3.05, 3.63) is 0 Å². The molecule has 0 rings (SSSR count). The fourth-order valence-electron chi connectivity index (χ4n) is 2.25. The van der Waals surface area contributed by atoms with Crippen molar-refractivity contribution in [1.29, 1.82) is 0 Å². The van der Waals surface area contributed by atoms with Gasteiger partial charge in [-0.25, -0.2) is 10.1 Å². The molecule has 0 aliphatic carbocycles. The van der Waals surface area contributed by atoms with Gasteiger partial charge in [-0.2, -0.15) is 0 Å². The Morgan fingerprint density at radius 1 is 0.591 bits per heavy atom. The second-order valence-electron chi connectivity index (χ2n) is 5.82. The van der Waals surface area contributed by atoms with Gasteiger partial charge in [0.25, 0.3) is 0 Å². The van der Waals surface area contributed by atoms with E-state index in [-0.39, 0.29) is 11.8 Å². The molecule has 0 fully saturated rings. The Hall–Kier alpha value is -1.14. The smallest absolute Gasteiger partial charge is 0.242 e. The molecule has 0 aliphatic heterocycles. The molecule has 0 heterocycles. The van der Waals surface area contributed by atoms with Crippen LogP contribution >= 0.6 is 0 Å². The summed E-state index contributed by atoms with van der Waals surface area (Å²) in [5.41, 5.74) is 0. The molecule has 0 spiro atoms. The zero-order valence-corrected chi connectivity index (χ0v) is 14.1. The summed E-state index contributed by atoms with van der Waals surface area (Å²) in [6, 6.07) is 0. The third kappa shape index (κ3) is 12.6. The van der Waals surface area contributed by atoms with Gasteiger partial charge in [0.15, 0.2) is 0 Å². The third-order valence-corrected chi connectivity index (χ3v) is 3.72. The van der Waals surface area contributed by atoms with Crippen LogP contribution in [0.1, 0.15) is 78.1 Å². The van der Waals surface area contributed by atoms with Crippen LogP contribution in [-0.4, -0.2) is 45.4 Å². The second-order valence-corrected chi connectivity index (χ2v) is 5.82. The molecule has 6 heteroatoms. The van der Waals surface area contributed by atoms with Crippen molar-refractivity contribution in [1.82, 2.24) is 10.1 Å². The number of carbonyl (C=O) groups excluding carboxylic acids is 2. The lowest BCUT2D eigenvalue weighted by atomic mass is 10.1. The van der Waals surface area contributed by atoms with Crippen LogP contribution in [0.25, 0.3) is 0 Å². The average molecular weight is 316 g/mol. The van der Waals surface area contributed by atoms with Crippen molar-refractivity contribution >= 4 is 11.8 Å². The number of hydroxylamine groups is 4. The molecule has 0 atom stereocenters. The van der Waals surface area contributed by atoms with Crippen molar-refractivity contribution in [2.75, 3.05) is 13.1 Å². The maximum atomic E-state index is 10.8. The molecule has 0 unspecified atom stereocenters. The SMILES string of the molecule is CC(=O)N(O)CCCCCCCCCCCCN(O)C(C)=O. The summed E-state index contributed by atoms with van der Waals surface area (Å²) in [6.07, 6.45) is 10.9. The van der Waals surface area contributed by atoms with Gasteiger partial charge in [0.05, 0.1) is 0 Å². The number of hydrogen-bond donors (Lipinski definition) is 2. The maximum absolute atomic E-state index is 10.8. The van der Waals surface area contributed by atoms with E-state index in [4.69, 9.17) is 0 Å². The fraction of sp³-hybridized carbons (Fsp3) is 0.875. The minimum Gasteiger partial charge on any atom is -0.286 e. The van der Waals surface area contributed by atoms with E-state index in [1.54, 1.807) is 0 Å². The van der Waals surface area contributed by atoms with Gasteiger partial charge in [0.1, 0.15) is 0 Å². The zero-order valence-electron chi connectivity index (χ0n) is 14.1.